The lowest BCUT2D eigenvalue weighted by atomic mass is 9.82. The van der Waals surface area contributed by atoms with Crippen molar-refractivity contribution in [3.05, 3.63) is 18.0 Å². The van der Waals surface area contributed by atoms with Gasteiger partial charge in [-0.2, -0.15) is 5.10 Å². The largest absolute Gasteiger partial charge is 0.313 e. The number of nitrogens with zero attached hydrogens (tertiary/aromatic N) is 3. The number of aryl methyl sites for hydroxylation is 1. The Kier molecular flexibility index (Phi) is 4.99. The number of rotatable bonds is 5. The van der Waals surface area contributed by atoms with Gasteiger partial charge in [0.1, 0.15) is 0 Å². The fourth-order valence-electron chi connectivity index (χ4n) is 3.30. The van der Waals surface area contributed by atoms with Crippen LogP contribution >= 0.6 is 0 Å². The van der Waals surface area contributed by atoms with E-state index in [9.17, 15) is 0 Å². The van der Waals surface area contributed by atoms with E-state index in [-0.39, 0.29) is 0 Å². The summed E-state index contributed by atoms with van der Waals surface area (Å²) in [6.07, 6.45) is 8.05. The van der Waals surface area contributed by atoms with E-state index in [2.05, 4.69) is 42.4 Å². The van der Waals surface area contributed by atoms with Crippen LogP contribution in [-0.2, 0) is 13.6 Å². The topological polar surface area (TPSA) is 33.1 Å². The molecule has 4 nitrogen and oxygen atoms in total. The van der Waals surface area contributed by atoms with E-state index >= 15 is 0 Å². The minimum atomic E-state index is 0.642. The summed E-state index contributed by atoms with van der Waals surface area (Å²) in [5.74, 6) is 0.844. The third-order valence-corrected chi connectivity index (χ3v) is 4.30. The highest BCUT2D eigenvalue weighted by Crippen LogP contribution is 2.28. The van der Waals surface area contributed by atoms with Gasteiger partial charge in [0.2, 0.25) is 0 Å². The maximum Gasteiger partial charge on any atom is 0.0534 e. The third-order valence-electron chi connectivity index (χ3n) is 4.30. The number of nitrogens with one attached hydrogen (secondary N) is 1. The molecule has 1 heterocycles. The van der Waals surface area contributed by atoms with Crippen molar-refractivity contribution in [3.63, 3.8) is 0 Å². The maximum absolute atomic E-state index is 4.26. The molecule has 1 saturated carbocycles. The molecule has 4 heteroatoms. The van der Waals surface area contributed by atoms with Gasteiger partial charge < -0.3 is 5.32 Å². The van der Waals surface area contributed by atoms with Crippen molar-refractivity contribution in [2.45, 2.75) is 51.7 Å². The molecule has 3 unspecified atom stereocenters. The Labute approximate surface area is 117 Å². The van der Waals surface area contributed by atoms with Crippen LogP contribution in [0.4, 0.5) is 0 Å². The molecular formula is C15H28N4. The molecule has 1 fully saturated rings. The molecular weight excluding hydrogens is 236 g/mol. The van der Waals surface area contributed by atoms with Crippen molar-refractivity contribution in [2.24, 2.45) is 13.0 Å². The first-order chi connectivity index (χ1) is 9.10. The summed E-state index contributed by atoms with van der Waals surface area (Å²) in [5.41, 5.74) is 1.30. The van der Waals surface area contributed by atoms with Crippen LogP contribution in [0.5, 0.6) is 0 Å². The average molecular weight is 264 g/mol. The highest BCUT2D eigenvalue weighted by atomic mass is 15.2. The second-order valence-corrected chi connectivity index (χ2v) is 6.09. The fourth-order valence-corrected chi connectivity index (χ4v) is 3.30. The van der Waals surface area contributed by atoms with Crippen molar-refractivity contribution in [3.8, 4) is 0 Å². The molecule has 0 saturated heterocycles. The van der Waals surface area contributed by atoms with Crippen LogP contribution in [0.25, 0.3) is 0 Å². The van der Waals surface area contributed by atoms with Crippen molar-refractivity contribution in [1.82, 2.24) is 20.0 Å². The standard InChI is InChI=1S/C15H28N4/c1-5-16-14-7-6-12(2)8-15(14)18(3)10-13-9-17-19(4)11-13/h9,11-12,14-16H,5-8,10H2,1-4H3. The Balaban J connectivity index is 1.99. The summed E-state index contributed by atoms with van der Waals surface area (Å²) in [4.78, 5) is 2.50. The van der Waals surface area contributed by atoms with E-state index in [0.717, 1.165) is 19.0 Å². The van der Waals surface area contributed by atoms with E-state index in [1.54, 1.807) is 0 Å². The fraction of sp³-hybridized carbons (Fsp3) is 0.800. The Morgan fingerprint density at radius 1 is 1.47 bits per heavy atom. The summed E-state index contributed by atoms with van der Waals surface area (Å²) in [6, 6.07) is 1.28. The van der Waals surface area contributed by atoms with Gasteiger partial charge in [-0.05, 0) is 38.8 Å². The highest BCUT2D eigenvalue weighted by molar-refractivity contribution is 5.04. The predicted octanol–water partition coefficient (Wildman–Crippen LogP) is 2.02. The minimum Gasteiger partial charge on any atom is -0.313 e. The number of hydrogen-bond acceptors (Lipinski definition) is 3. The Morgan fingerprint density at radius 3 is 2.89 bits per heavy atom. The van der Waals surface area contributed by atoms with E-state index in [1.807, 2.05) is 17.9 Å². The molecule has 1 aliphatic carbocycles. The zero-order chi connectivity index (χ0) is 13.8. The lowest BCUT2D eigenvalue weighted by molar-refractivity contribution is 0.120. The molecule has 1 aromatic rings. The Bertz CT molecular complexity index is 387. The zero-order valence-electron chi connectivity index (χ0n) is 12.8. The van der Waals surface area contributed by atoms with Gasteiger partial charge in [0.15, 0.2) is 0 Å². The number of likely N-dealkylation sites (N-methyl/N-ethyl adjacent to an activating group) is 2. The monoisotopic (exact) mass is 264 g/mol. The smallest absolute Gasteiger partial charge is 0.0534 e. The van der Waals surface area contributed by atoms with Crippen LogP contribution in [-0.4, -0.2) is 40.4 Å². The molecule has 0 amide bonds. The van der Waals surface area contributed by atoms with Crippen LogP contribution in [0.1, 0.15) is 38.7 Å². The van der Waals surface area contributed by atoms with Crippen LogP contribution in [0.3, 0.4) is 0 Å². The first kappa shape index (κ1) is 14.5. The van der Waals surface area contributed by atoms with Gasteiger partial charge in [-0.25, -0.2) is 0 Å². The maximum atomic E-state index is 4.26. The lowest BCUT2D eigenvalue weighted by Gasteiger charge is -2.40. The quantitative estimate of drug-likeness (QED) is 0.883. The molecule has 1 aliphatic rings. The average Bonchev–Trinajstić information content (AvgIpc) is 2.77. The third kappa shape index (κ3) is 3.80. The molecule has 0 spiro atoms. The molecule has 2 rings (SSSR count). The van der Waals surface area contributed by atoms with Gasteiger partial charge in [0, 0.05) is 37.4 Å². The normalized spacial score (nSPS) is 27.9. The van der Waals surface area contributed by atoms with Crippen LogP contribution in [0.2, 0.25) is 0 Å². The molecule has 19 heavy (non-hydrogen) atoms. The summed E-state index contributed by atoms with van der Waals surface area (Å²) in [5, 5.41) is 7.92. The van der Waals surface area contributed by atoms with Crippen LogP contribution in [0.15, 0.2) is 12.4 Å². The summed E-state index contributed by atoms with van der Waals surface area (Å²) < 4.78 is 1.88. The SMILES string of the molecule is CCNC1CCC(C)CC1N(C)Cc1cnn(C)c1. The van der Waals surface area contributed by atoms with Crippen molar-refractivity contribution < 1.29 is 0 Å². The summed E-state index contributed by atoms with van der Waals surface area (Å²) >= 11 is 0. The molecule has 0 radical (unpaired) electrons. The predicted molar refractivity (Wildman–Crippen MR) is 78.9 cm³/mol. The molecule has 3 atom stereocenters. The summed E-state index contributed by atoms with van der Waals surface area (Å²) in [7, 11) is 4.23. The second kappa shape index (κ2) is 6.53. The lowest BCUT2D eigenvalue weighted by Crippen LogP contribution is -2.51. The minimum absolute atomic E-state index is 0.642. The second-order valence-electron chi connectivity index (χ2n) is 6.09. The first-order valence-corrected chi connectivity index (χ1v) is 7.51. The Hall–Kier alpha value is -0.870. The van der Waals surface area contributed by atoms with E-state index < -0.39 is 0 Å². The first-order valence-electron chi connectivity index (χ1n) is 7.51. The summed E-state index contributed by atoms with van der Waals surface area (Å²) in [6.45, 7) is 6.65. The molecule has 0 aromatic carbocycles. The molecule has 108 valence electrons. The van der Waals surface area contributed by atoms with Gasteiger partial charge in [-0.15, -0.1) is 0 Å². The van der Waals surface area contributed by atoms with Gasteiger partial charge in [-0.3, -0.25) is 9.58 Å². The zero-order valence-corrected chi connectivity index (χ0v) is 12.8. The van der Waals surface area contributed by atoms with E-state index in [4.69, 9.17) is 0 Å². The van der Waals surface area contributed by atoms with Gasteiger partial charge in [-0.1, -0.05) is 13.8 Å². The van der Waals surface area contributed by atoms with Crippen LogP contribution < -0.4 is 5.32 Å². The molecule has 1 N–H and O–H groups in total. The van der Waals surface area contributed by atoms with Gasteiger partial charge in [0.25, 0.3) is 0 Å². The van der Waals surface area contributed by atoms with E-state index in [1.165, 1.54) is 24.8 Å². The number of hydrogen-bond donors (Lipinski definition) is 1. The highest BCUT2D eigenvalue weighted by Gasteiger charge is 2.30. The number of aromatic nitrogens is 2. The van der Waals surface area contributed by atoms with Gasteiger partial charge in [0.05, 0.1) is 6.20 Å². The van der Waals surface area contributed by atoms with Crippen molar-refractivity contribution in [2.75, 3.05) is 13.6 Å². The van der Waals surface area contributed by atoms with Crippen LogP contribution in [0, 0.1) is 5.92 Å². The van der Waals surface area contributed by atoms with Gasteiger partial charge >= 0.3 is 0 Å². The molecule has 0 aliphatic heterocycles. The Morgan fingerprint density at radius 2 is 2.26 bits per heavy atom. The van der Waals surface area contributed by atoms with Crippen molar-refractivity contribution in [1.29, 1.82) is 0 Å². The van der Waals surface area contributed by atoms with Crippen molar-refractivity contribution >= 4 is 0 Å². The molecule has 1 aromatic heterocycles. The molecule has 0 bridgehead atoms. The van der Waals surface area contributed by atoms with E-state index in [0.29, 0.717) is 12.1 Å².